The van der Waals surface area contributed by atoms with E-state index in [1.807, 2.05) is 42.5 Å². The van der Waals surface area contributed by atoms with Crippen molar-refractivity contribution in [1.82, 2.24) is 0 Å². The van der Waals surface area contributed by atoms with Gasteiger partial charge in [0.25, 0.3) is 5.91 Å². The van der Waals surface area contributed by atoms with Crippen LogP contribution in [0.25, 0.3) is 0 Å². The van der Waals surface area contributed by atoms with Gasteiger partial charge in [0, 0.05) is 11.4 Å². The van der Waals surface area contributed by atoms with Gasteiger partial charge in [-0.1, -0.05) is 43.2 Å². The van der Waals surface area contributed by atoms with Crippen LogP contribution in [0.1, 0.15) is 42.9 Å². The lowest BCUT2D eigenvalue weighted by Gasteiger charge is -2.22. The minimum atomic E-state index is -0.632. The third-order valence-electron chi connectivity index (χ3n) is 4.97. The Morgan fingerprint density at radius 1 is 1.12 bits per heavy atom. The number of carbonyl (C=O) groups excluding carboxylic acids is 2. The van der Waals surface area contributed by atoms with Crippen LogP contribution in [0.5, 0.6) is 0 Å². The lowest BCUT2D eigenvalue weighted by atomic mass is 10.1. The van der Waals surface area contributed by atoms with Gasteiger partial charge >= 0.3 is 0 Å². The number of nitrogens with one attached hydrogen (secondary N) is 2. The molecule has 0 aromatic heterocycles. The largest absolute Gasteiger partial charge is 0.360 e. The summed E-state index contributed by atoms with van der Waals surface area (Å²) in [6.45, 7) is 0. The normalized spacial score (nSPS) is 17.6. The van der Waals surface area contributed by atoms with Crippen LogP contribution in [0.2, 0.25) is 0 Å². The third kappa shape index (κ3) is 3.63. The maximum atomic E-state index is 12.9. The van der Waals surface area contributed by atoms with Crippen molar-refractivity contribution < 1.29 is 14.3 Å². The zero-order chi connectivity index (χ0) is 17.9. The molecule has 0 bridgehead atoms. The number of hydrogen-bond donors (Lipinski definition) is 2. The Morgan fingerprint density at radius 2 is 1.88 bits per heavy atom. The van der Waals surface area contributed by atoms with E-state index in [2.05, 4.69) is 10.6 Å². The molecule has 2 amide bonds. The number of benzene rings is 2. The summed E-state index contributed by atoms with van der Waals surface area (Å²) in [7, 11) is 0. The van der Waals surface area contributed by atoms with Crippen molar-refractivity contribution in [3.05, 3.63) is 59.7 Å². The van der Waals surface area contributed by atoms with E-state index in [0.717, 1.165) is 42.5 Å². The van der Waals surface area contributed by atoms with E-state index in [1.165, 1.54) is 0 Å². The first-order valence-corrected chi connectivity index (χ1v) is 9.13. The van der Waals surface area contributed by atoms with Gasteiger partial charge in [-0.05, 0) is 42.2 Å². The first-order chi connectivity index (χ1) is 12.7. The first kappa shape index (κ1) is 16.8. The second kappa shape index (κ2) is 7.30. The predicted octanol–water partition coefficient (Wildman–Crippen LogP) is 3.82. The summed E-state index contributed by atoms with van der Waals surface area (Å²) in [6, 6.07) is 15.1. The zero-order valence-corrected chi connectivity index (χ0v) is 14.5. The number of fused-ring (bicyclic) bond motifs is 1. The lowest BCUT2D eigenvalue weighted by Crippen LogP contribution is -2.26. The molecule has 1 aliphatic heterocycles. The second-order valence-corrected chi connectivity index (χ2v) is 6.92. The van der Waals surface area contributed by atoms with Crippen molar-refractivity contribution in [3.63, 3.8) is 0 Å². The van der Waals surface area contributed by atoms with Crippen LogP contribution in [0, 0.1) is 0 Å². The molecule has 4 rings (SSSR count). The maximum absolute atomic E-state index is 12.9. The van der Waals surface area contributed by atoms with Gasteiger partial charge in [0.15, 0.2) is 6.10 Å². The fraction of sp³-hybridized carbons (Fsp3) is 0.333. The SMILES string of the molecule is O=C1Cc2cc(NC(=O)[C@@H](OC3CCCC3)c3ccccc3)ccc2N1. The average Bonchev–Trinajstić information content (AvgIpc) is 3.28. The van der Waals surface area contributed by atoms with Crippen LogP contribution >= 0.6 is 0 Å². The van der Waals surface area contributed by atoms with Crippen LogP contribution in [0.4, 0.5) is 11.4 Å². The molecule has 0 saturated heterocycles. The highest BCUT2D eigenvalue weighted by molar-refractivity contribution is 6.00. The number of rotatable bonds is 5. The number of carbonyl (C=O) groups is 2. The van der Waals surface area contributed by atoms with E-state index in [-0.39, 0.29) is 17.9 Å². The molecule has 1 saturated carbocycles. The molecule has 2 N–H and O–H groups in total. The van der Waals surface area contributed by atoms with Gasteiger partial charge in [-0.25, -0.2) is 0 Å². The molecule has 2 aliphatic rings. The molecule has 1 atom stereocenters. The molecular formula is C21H22N2O3. The summed E-state index contributed by atoms with van der Waals surface area (Å²) >= 11 is 0. The summed E-state index contributed by atoms with van der Waals surface area (Å²) in [5.74, 6) is -0.199. The summed E-state index contributed by atoms with van der Waals surface area (Å²) in [5, 5.41) is 5.75. The highest BCUT2D eigenvalue weighted by Gasteiger charge is 2.27. The van der Waals surface area contributed by atoms with Gasteiger partial charge in [-0.3, -0.25) is 9.59 Å². The summed E-state index contributed by atoms with van der Waals surface area (Å²) in [5.41, 5.74) is 3.26. The quantitative estimate of drug-likeness (QED) is 0.861. The van der Waals surface area contributed by atoms with Crippen LogP contribution in [-0.4, -0.2) is 17.9 Å². The highest BCUT2D eigenvalue weighted by atomic mass is 16.5. The molecule has 2 aromatic carbocycles. The Labute approximate surface area is 152 Å². The van der Waals surface area contributed by atoms with Gasteiger partial charge in [-0.2, -0.15) is 0 Å². The molecule has 0 spiro atoms. The fourth-order valence-corrected chi connectivity index (χ4v) is 3.65. The van der Waals surface area contributed by atoms with Gasteiger partial charge in [0.05, 0.1) is 12.5 Å². The van der Waals surface area contributed by atoms with Crippen LogP contribution in [0.15, 0.2) is 48.5 Å². The van der Waals surface area contributed by atoms with Crippen LogP contribution in [0.3, 0.4) is 0 Å². The van der Waals surface area contributed by atoms with Gasteiger partial charge in [0.2, 0.25) is 5.91 Å². The fourth-order valence-electron chi connectivity index (χ4n) is 3.65. The average molecular weight is 350 g/mol. The molecule has 5 heteroatoms. The molecule has 26 heavy (non-hydrogen) atoms. The van der Waals surface area contributed by atoms with Gasteiger partial charge in [0.1, 0.15) is 0 Å². The topological polar surface area (TPSA) is 67.4 Å². The summed E-state index contributed by atoms with van der Waals surface area (Å²) in [4.78, 5) is 24.4. The summed E-state index contributed by atoms with van der Waals surface area (Å²) < 4.78 is 6.16. The number of ether oxygens (including phenoxy) is 1. The van der Waals surface area contributed by atoms with E-state index >= 15 is 0 Å². The molecule has 1 heterocycles. The van der Waals surface area contributed by atoms with Crippen molar-refractivity contribution in [2.24, 2.45) is 0 Å². The molecule has 1 aliphatic carbocycles. The number of hydrogen-bond acceptors (Lipinski definition) is 3. The van der Waals surface area contributed by atoms with Gasteiger partial charge in [-0.15, -0.1) is 0 Å². The Kier molecular flexibility index (Phi) is 4.71. The van der Waals surface area contributed by atoms with E-state index in [9.17, 15) is 9.59 Å². The van der Waals surface area contributed by atoms with Crippen LogP contribution in [-0.2, 0) is 20.7 Å². The Hall–Kier alpha value is -2.66. The molecule has 2 aromatic rings. The van der Waals surface area contributed by atoms with Crippen molar-refractivity contribution in [3.8, 4) is 0 Å². The second-order valence-electron chi connectivity index (χ2n) is 6.92. The molecule has 134 valence electrons. The third-order valence-corrected chi connectivity index (χ3v) is 4.97. The standard InChI is InChI=1S/C21H22N2O3/c24-19-13-15-12-16(10-11-18(15)23-19)22-21(25)20(14-6-2-1-3-7-14)26-17-8-4-5-9-17/h1-3,6-7,10-12,17,20H,4-5,8-9,13H2,(H,22,25)(H,23,24)/t20-/m0/s1. The monoisotopic (exact) mass is 350 g/mol. The number of anilines is 2. The molecule has 0 unspecified atom stereocenters. The highest BCUT2D eigenvalue weighted by Crippen LogP contribution is 2.30. The molecule has 5 nitrogen and oxygen atoms in total. The van der Waals surface area contributed by atoms with Crippen molar-refractivity contribution in [1.29, 1.82) is 0 Å². The molecule has 1 fully saturated rings. The minimum Gasteiger partial charge on any atom is -0.360 e. The molecular weight excluding hydrogens is 328 g/mol. The van der Waals surface area contributed by atoms with E-state index in [0.29, 0.717) is 12.1 Å². The van der Waals surface area contributed by atoms with E-state index in [4.69, 9.17) is 4.74 Å². The first-order valence-electron chi connectivity index (χ1n) is 9.13. The zero-order valence-electron chi connectivity index (χ0n) is 14.5. The van der Waals surface area contributed by atoms with Crippen molar-refractivity contribution >= 4 is 23.2 Å². The number of amides is 2. The van der Waals surface area contributed by atoms with Crippen molar-refractivity contribution in [2.45, 2.75) is 44.3 Å². The predicted molar refractivity (Wildman–Crippen MR) is 99.9 cm³/mol. The van der Waals surface area contributed by atoms with E-state index < -0.39 is 6.10 Å². The Morgan fingerprint density at radius 3 is 2.65 bits per heavy atom. The van der Waals surface area contributed by atoms with Crippen molar-refractivity contribution in [2.75, 3.05) is 10.6 Å². The smallest absolute Gasteiger partial charge is 0.258 e. The summed E-state index contributed by atoms with van der Waals surface area (Å²) in [6.07, 6.45) is 4.16. The lowest BCUT2D eigenvalue weighted by molar-refractivity contribution is -0.131. The van der Waals surface area contributed by atoms with E-state index in [1.54, 1.807) is 6.07 Å². The minimum absolute atomic E-state index is 0.0183. The Balaban J connectivity index is 1.52. The maximum Gasteiger partial charge on any atom is 0.258 e. The van der Waals surface area contributed by atoms with Crippen LogP contribution < -0.4 is 10.6 Å². The van der Waals surface area contributed by atoms with Gasteiger partial charge < -0.3 is 15.4 Å². The molecule has 0 radical (unpaired) electrons. The Bertz CT molecular complexity index is 813.